The Morgan fingerprint density at radius 3 is 2.61 bits per heavy atom. The molecule has 11 heteroatoms. The van der Waals surface area contributed by atoms with Crippen molar-refractivity contribution in [2.24, 2.45) is 5.73 Å². The first-order valence-electron chi connectivity index (χ1n) is 9.15. The van der Waals surface area contributed by atoms with Crippen LogP contribution in [-0.4, -0.2) is 42.6 Å². The van der Waals surface area contributed by atoms with Crippen LogP contribution >= 0.6 is 0 Å². The third-order valence-corrected chi connectivity index (χ3v) is 5.78. The Bertz CT molecular complexity index is 1200. The Balaban J connectivity index is 1.92. The normalized spacial score (nSPS) is 11.2. The molecule has 0 aliphatic rings. The van der Waals surface area contributed by atoms with Crippen LogP contribution in [0.1, 0.15) is 27.3 Å². The molecule has 2 aromatic heterocycles. The van der Waals surface area contributed by atoms with E-state index >= 15 is 0 Å². The van der Waals surface area contributed by atoms with Gasteiger partial charge in [-0.3, -0.25) is 24.1 Å². The first-order valence-corrected chi connectivity index (χ1v) is 11.0. The van der Waals surface area contributed by atoms with Crippen LogP contribution in [0.2, 0.25) is 0 Å². The number of halogens is 1. The highest BCUT2D eigenvalue weighted by Crippen LogP contribution is 2.26. The number of nitrogens with two attached hydrogens (primary N) is 1. The molecule has 0 aliphatic carbocycles. The molecule has 1 amide bonds. The molecule has 0 bridgehead atoms. The number of aromatic nitrogens is 3. The molecule has 0 atom stereocenters. The van der Waals surface area contributed by atoms with Gasteiger partial charge in [0.05, 0.1) is 28.9 Å². The van der Waals surface area contributed by atoms with Gasteiger partial charge in [-0.05, 0) is 18.2 Å². The number of hydrogen-bond donors (Lipinski definition) is 2. The number of nitrogens with zero attached hydrogens (tertiary/aromatic N) is 4. The van der Waals surface area contributed by atoms with Gasteiger partial charge in [-0.15, -0.1) is 0 Å². The number of nitrogens with one attached hydrogen (secondary N) is 1. The maximum absolute atomic E-state index is 14.5. The van der Waals surface area contributed by atoms with Crippen LogP contribution in [0.4, 0.5) is 15.8 Å². The molecule has 0 aliphatic heterocycles. The van der Waals surface area contributed by atoms with Crippen LogP contribution in [0.25, 0.3) is 0 Å². The van der Waals surface area contributed by atoms with Crippen LogP contribution in [0.15, 0.2) is 49.1 Å². The first kappa shape index (κ1) is 22.1. The van der Waals surface area contributed by atoms with Gasteiger partial charge in [0.2, 0.25) is 10.0 Å². The molecule has 0 unspecified atom stereocenters. The Morgan fingerprint density at radius 1 is 1.19 bits per heavy atom. The average Bonchev–Trinajstić information content (AvgIpc) is 2.72. The van der Waals surface area contributed by atoms with E-state index < -0.39 is 21.7 Å². The summed E-state index contributed by atoms with van der Waals surface area (Å²) in [5.74, 6) is -1.29. The predicted molar refractivity (Wildman–Crippen MR) is 115 cm³/mol. The lowest BCUT2D eigenvalue weighted by molar-refractivity contribution is 0.100. The summed E-state index contributed by atoms with van der Waals surface area (Å²) in [6.45, 7) is -0.0866. The minimum absolute atomic E-state index is 0.0866. The molecule has 1 aromatic carbocycles. The second kappa shape index (κ2) is 9.04. The molecule has 0 saturated carbocycles. The molecular weight excluding hydrogens is 423 g/mol. The quantitative estimate of drug-likeness (QED) is 0.541. The smallest absolute Gasteiger partial charge is 0.252 e. The van der Waals surface area contributed by atoms with Crippen LogP contribution in [0, 0.1) is 5.82 Å². The van der Waals surface area contributed by atoms with E-state index in [4.69, 9.17) is 5.73 Å². The molecule has 0 spiro atoms. The van der Waals surface area contributed by atoms with Crippen molar-refractivity contribution in [1.82, 2.24) is 15.0 Å². The van der Waals surface area contributed by atoms with E-state index in [0.29, 0.717) is 23.5 Å². The topological polar surface area (TPSA) is 131 Å². The van der Waals surface area contributed by atoms with Crippen molar-refractivity contribution in [3.63, 3.8) is 0 Å². The van der Waals surface area contributed by atoms with Crippen LogP contribution < -0.4 is 15.4 Å². The van der Waals surface area contributed by atoms with Crippen LogP contribution in [0.3, 0.4) is 0 Å². The van der Waals surface area contributed by atoms with Gasteiger partial charge in [-0.25, -0.2) is 12.8 Å². The highest BCUT2D eigenvalue weighted by molar-refractivity contribution is 7.92. The predicted octanol–water partition coefficient (Wildman–Crippen LogP) is 1.71. The number of amides is 1. The number of carbonyl (C=O) groups is 1. The molecule has 2 heterocycles. The number of sulfonamides is 1. The number of pyridine rings is 1. The van der Waals surface area contributed by atoms with Crippen molar-refractivity contribution in [1.29, 1.82) is 0 Å². The van der Waals surface area contributed by atoms with E-state index in [2.05, 4.69) is 20.3 Å². The zero-order valence-corrected chi connectivity index (χ0v) is 17.7. The summed E-state index contributed by atoms with van der Waals surface area (Å²) in [6.07, 6.45) is 7.44. The Kier molecular flexibility index (Phi) is 6.44. The van der Waals surface area contributed by atoms with Gasteiger partial charge >= 0.3 is 0 Å². The zero-order valence-electron chi connectivity index (χ0n) is 16.9. The van der Waals surface area contributed by atoms with Crippen LogP contribution in [-0.2, 0) is 23.0 Å². The average molecular weight is 444 g/mol. The molecule has 0 saturated heterocycles. The Morgan fingerprint density at radius 2 is 1.97 bits per heavy atom. The van der Waals surface area contributed by atoms with E-state index in [9.17, 15) is 17.6 Å². The molecule has 0 fully saturated rings. The number of primary amides is 1. The molecule has 3 aromatic rings. The second-order valence-corrected chi connectivity index (χ2v) is 8.79. The maximum atomic E-state index is 14.5. The maximum Gasteiger partial charge on any atom is 0.252 e. The largest absolute Gasteiger partial charge is 0.380 e. The third kappa shape index (κ3) is 5.31. The third-order valence-electron chi connectivity index (χ3n) is 4.59. The van der Waals surface area contributed by atoms with Crippen molar-refractivity contribution < 1.29 is 17.6 Å². The summed E-state index contributed by atoms with van der Waals surface area (Å²) in [7, 11) is -2.26. The monoisotopic (exact) mass is 444 g/mol. The lowest BCUT2D eigenvalue weighted by Gasteiger charge is -2.21. The van der Waals surface area contributed by atoms with E-state index in [1.807, 2.05) is 0 Å². The van der Waals surface area contributed by atoms with E-state index in [-0.39, 0.29) is 23.4 Å². The van der Waals surface area contributed by atoms with E-state index in [1.165, 1.54) is 31.4 Å². The molecule has 3 rings (SSSR count). The van der Waals surface area contributed by atoms with Crippen molar-refractivity contribution in [3.05, 3.63) is 77.4 Å². The lowest BCUT2D eigenvalue weighted by Crippen LogP contribution is -2.26. The van der Waals surface area contributed by atoms with E-state index in [1.54, 1.807) is 24.7 Å². The molecule has 0 radical (unpaired) electrons. The molecule has 31 heavy (non-hydrogen) atoms. The summed E-state index contributed by atoms with van der Waals surface area (Å²) in [6, 6.07) is 5.78. The number of anilines is 2. The highest BCUT2D eigenvalue weighted by atomic mass is 32.2. The van der Waals surface area contributed by atoms with Crippen LogP contribution in [0.5, 0.6) is 0 Å². The molecular formula is C20H21FN6O3S. The van der Waals surface area contributed by atoms with Gasteiger partial charge in [-0.1, -0.05) is 6.07 Å². The first-order chi connectivity index (χ1) is 14.7. The summed E-state index contributed by atoms with van der Waals surface area (Å²) in [5, 5.41) is 2.99. The van der Waals surface area contributed by atoms with Crippen molar-refractivity contribution in [2.75, 3.05) is 22.9 Å². The van der Waals surface area contributed by atoms with Gasteiger partial charge in [0.15, 0.2) is 0 Å². The number of carbonyl (C=O) groups excluding carboxylic acids is 1. The minimum atomic E-state index is -3.60. The number of rotatable bonds is 8. The van der Waals surface area contributed by atoms with Crippen molar-refractivity contribution in [3.8, 4) is 0 Å². The summed E-state index contributed by atoms with van der Waals surface area (Å²) < 4.78 is 39.4. The fourth-order valence-corrected chi connectivity index (χ4v) is 3.45. The fourth-order valence-electron chi connectivity index (χ4n) is 2.92. The summed E-state index contributed by atoms with van der Waals surface area (Å²) in [5.41, 5.74) is 7.50. The van der Waals surface area contributed by atoms with Gasteiger partial charge < -0.3 is 11.1 Å². The number of benzene rings is 1. The summed E-state index contributed by atoms with van der Waals surface area (Å²) >= 11 is 0. The van der Waals surface area contributed by atoms with Crippen molar-refractivity contribution >= 4 is 27.3 Å². The molecule has 3 N–H and O–H groups in total. The molecule has 162 valence electrons. The highest BCUT2D eigenvalue weighted by Gasteiger charge is 2.19. The van der Waals surface area contributed by atoms with Gasteiger partial charge in [0.1, 0.15) is 5.82 Å². The Hall–Kier alpha value is -3.60. The summed E-state index contributed by atoms with van der Waals surface area (Å²) in [4.78, 5) is 24.3. The minimum Gasteiger partial charge on any atom is -0.380 e. The fraction of sp³-hybridized carbons (Fsp3) is 0.200. The number of hydrogen-bond acceptors (Lipinski definition) is 7. The molecule has 9 nitrogen and oxygen atoms in total. The van der Waals surface area contributed by atoms with Gasteiger partial charge in [0.25, 0.3) is 5.91 Å². The van der Waals surface area contributed by atoms with Gasteiger partial charge in [-0.2, -0.15) is 0 Å². The Labute approximate surface area is 179 Å². The second-order valence-electron chi connectivity index (χ2n) is 6.78. The standard InChI is InChI=1S/C20H21FN6O3S/c1-27(31(2,29)30)19-5-3-4-17(21)15(19)11-26-18-9-13(25-12-16(18)20(22)28)8-14-10-23-6-7-24-14/h3-7,9-10,12H,8,11H2,1-2H3,(H2,22,28)(H,25,26). The SMILES string of the molecule is CN(c1cccc(F)c1CNc1cc(Cc2cnccn2)ncc1C(N)=O)S(C)(=O)=O. The lowest BCUT2D eigenvalue weighted by atomic mass is 10.1. The van der Waals surface area contributed by atoms with Crippen molar-refractivity contribution in [2.45, 2.75) is 13.0 Å². The van der Waals surface area contributed by atoms with E-state index in [0.717, 1.165) is 10.6 Å². The van der Waals surface area contributed by atoms with Gasteiger partial charge in [0, 0.05) is 56.1 Å². The zero-order chi connectivity index (χ0) is 22.6.